The fraction of sp³-hybridized carbons (Fsp3) is 0.625. The molecule has 1 aromatic rings. The van der Waals surface area contributed by atoms with E-state index in [0.29, 0.717) is 24.1 Å². The summed E-state index contributed by atoms with van der Waals surface area (Å²) in [6.07, 6.45) is 3.79. The van der Waals surface area contributed by atoms with Crippen LogP contribution in [0.15, 0.2) is 12.1 Å². The van der Waals surface area contributed by atoms with Gasteiger partial charge in [-0.1, -0.05) is 6.92 Å². The maximum absolute atomic E-state index is 14.2. The highest BCUT2D eigenvalue weighted by atomic mass is 19.1. The molecule has 20 heavy (non-hydrogen) atoms. The average molecular weight is 283 g/mol. The fourth-order valence-corrected chi connectivity index (χ4v) is 2.90. The summed E-state index contributed by atoms with van der Waals surface area (Å²) in [7, 11) is 1.70. The van der Waals surface area contributed by atoms with Gasteiger partial charge in [0.15, 0.2) is 0 Å². The topological polar surface area (TPSA) is 21.3 Å². The number of benzene rings is 1. The third kappa shape index (κ3) is 3.01. The Bertz CT molecular complexity index is 466. The first-order valence-electron chi connectivity index (χ1n) is 7.25. The van der Waals surface area contributed by atoms with Crippen LogP contribution in [-0.4, -0.2) is 19.3 Å². The van der Waals surface area contributed by atoms with Crippen molar-refractivity contribution in [1.82, 2.24) is 5.32 Å². The predicted molar refractivity (Wildman–Crippen MR) is 75.7 cm³/mol. The molecule has 1 aliphatic carbocycles. The normalized spacial score (nSPS) is 18.6. The van der Waals surface area contributed by atoms with Crippen LogP contribution in [0, 0.1) is 18.6 Å². The first kappa shape index (κ1) is 15.4. The maximum atomic E-state index is 14.2. The van der Waals surface area contributed by atoms with Gasteiger partial charge in [-0.25, -0.2) is 8.78 Å². The molecule has 1 atom stereocenters. The van der Waals surface area contributed by atoms with Crippen molar-refractivity contribution in [1.29, 1.82) is 0 Å². The SMILES string of the molecule is CCNC(CC1(OC)CCC1)c1cc(F)c(C)cc1F. The predicted octanol–water partition coefficient (Wildman–Crippen LogP) is 3.88. The van der Waals surface area contributed by atoms with Crippen LogP contribution in [0.2, 0.25) is 0 Å². The molecule has 0 spiro atoms. The first-order valence-corrected chi connectivity index (χ1v) is 7.25. The molecule has 1 unspecified atom stereocenters. The number of methoxy groups -OCH3 is 1. The monoisotopic (exact) mass is 283 g/mol. The largest absolute Gasteiger partial charge is 0.378 e. The highest BCUT2D eigenvalue weighted by Gasteiger charge is 2.39. The number of hydrogen-bond acceptors (Lipinski definition) is 2. The minimum absolute atomic E-state index is 0.180. The van der Waals surface area contributed by atoms with Gasteiger partial charge in [0.2, 0.25) is 0 Å². The molecule has 0 heterocycles. The smallest absolute Gasteiger partial charge is 0.128 e. The molecule has 1 fully saturated rings. The average Bonchev–Trinajstić information content (AvgIpc) is 2.37. The zero-order chi connectivity index (χ0) is 14.8. The summed E-state index contributed by atoms with van der Waals surface area (Å²) < 4.78 is 33.5. The Morgan fingerprint density at radius 1 is 1.30 bits per heavy atom. The van der Waals surface area contributed by atoms with E-state index in [4.69, 9.17) is 4.74 Å². The summed E-state index contributed by atoms with van der Waals surface area (Å²) in [5.74, 6) is -0.704. The molecule has 0 bridgehead atoms. The lowest BCUT2D eigenvalue weighted by molar-refractivity contribution is -0.0839. The summed E-state index contributed by atoms with van der Waals surface area (Å²) in [4.78, 5) is 0. The third-order valence-corrected chi connectivity index (χ3v) is 4.38. The first-order chi connectivity index (χ1) is 9.51. The molecule has 0 aliphatic heterocycles. The Kier molecular flexibility index (Phi) is 4.76. The van der Waals surface area contributed by atoms with E-state index in [-0.39, 0.29) is 23.3 Å². The Labute approximate surface area is 119 Å². The summed E-state index contributed by atoms with van der Waals surface area (Å²) in [6.45, 7) is 4.25. The van der Waals surface area contributed by atoms with E-state index in [1.165, 1.54) is 12.1 Å². The van der Waals surface area contributed by atoms with E-state index in [9.17, 15) is 8.78 Å². The van der Waals surface area contributed by atoms with Crippen molar-refractivity contribution in [2.45, 2.75) is 51.2 Å². The second-order valence-electron chi connectivity index (χ2n) is 5.68. The molecule has 0 radical (unpaired) electrons. The molecule has 0 saturated heterocycles. The number of halogens is 2. The lowest BCUT2D eigenvalue weighted by Gasteiger charge is -2.43. The van der Waals surface area contributed by atoms with Gasteiger partial charge in [0.1, 0.15) is 11.6 Å². The van der Waals surface area contributed by atoms with E-state index >= 15 is 0 Å². The molecule has 1 N–H and O–H groups in total. The van der Waals surface area contributed by atoms with Gasteiger partial charge < -0.3 is 10.1 Å². The van der Waals surface area contributed by atoms with Crippen molar-refractivity contribution in [2.75, 3.05) is 13.7 Å². The summed E-state index contributed by atoms with van der Waals surface area (Å²) >= 11 is 0. The van der Waals surface area contributed by atoms with Gasteiger partial charge in [0.05, 0.1) is 5.60 Å². The van der Waals surface area contributed by atoms with Crippen molar-refractivity contribution in [3.63, 3.8) is 0 Å². The van der Waals surface area contributed by atoms with Crippen LogP contribution in [-0.2, 0) is 4.74 Å². The van der Waals surface area contributed by atoms with Gasteiger partial charge in [-0.05, 0) is 56.8 Å². The summed E-state index contributed by atoms with van der Waals surface area (Å²) in [5.41, 5.74) is 0.561. The van der Waals surface area contributed by atoms with Crippen molar-refractivity contribution >= 4 is 0 Å². The van der Waals surface area contributed by atoms with E-state index in [0.717, 1.165) is 19.3 Å². The fourth-order valence-electron chi connectivity index (χ4n) is 2.90. The molecule has 1 saturated carbocycles. The minimum Gasteiger partial charge on any atom is -0.378 e. The van der Waals surface area contributed by atoms with Crippen LogP contribution in [0.5, 0.6) is 0 Å². The Morgan fingerprint density at radius 3 is 2.50 bits per heavy atom. The lowest BCUT2D eigenvalue weighted by Crippen LogP contribution is -2.43. The van der Waals surface area contributed by atoms with Crippen LogP contribution < -0.4 is 5.32 Å². The zero-order valence-corrected chi connectivity index (χ0v) is 12.4. The van der Waals surface area contributed by atoms with Crippen LogP contribution in [0.3, 0.4) is 0 Å². The summed E-state index contributed by atoms with van der Waals surface area (Å²) in [6, 6.07) is 2.38. The molecule has 2 nitrogen and oxygen atoms in total. The maximum Gasteiger partial charge on any atom is 0.128 e. The number of hydrogen-bond donors (Lipinski definition) is 1. The van der Waals surface area contributed by atoms with Gasteiger partial charge in [-0.15, -0.1) is 0 Å². The van der Waals surface area contributed by atoms with Gasteiger partial charge in [0, 0.05) is 18.7 Å². The zero-order valence-electron chi connectivity index (χ0n) is 12.4. The van der Waals surface area contributed by atoms with Crippen LogP contribution in [0.4, 0.5) is 8.78 Å². The number of rotatable bonds is 6. The van der Waals surface area contributed by atoms with Gasteiger partial charge in [0.25, 0.3) is 0 Å². The molecular formula is C16H23F2NO. The second kappa shape index (κ2) is 6.19. The minimum atomic E-state index is -0.357. The number of ether oxygens (including phenoxy) is 1. The molecule has 1 aromatic carbocycles. The molecular weight excluding hydrogens is 260 g/mol. The summed E-state index contributed by atoms with van der Waals surface area (Å²) in [5, 5.41) is 3.26. The van der Waals surface area contributed by atoms with E-state index in [1.54, 1.807) is 14.0 Å². The highest BCUT2D eigenvalue weighted by molar-refractivity contribution is 5.28. The van der Waals surface area contributed by atoms with Gasteiger partial charge in [-0.2, -0.15) is 0 Å². The van der Waals surface area contributed by atoms with Gasteiger partial charge in [-0.3, -0.25) is 0 Å². The Morgan fingerprint density at radius 2 is 2.00 bits per heavy atom. The van der Waals surface area contributed by atoms with Crippen LogP contribution in [0.25, 0.3) is 0 Å². The Hall–Kier alpha value is -1.00. The highest BCUT2D eigenvalue weighted by Crippen LogP contribution is 2.42. The second-order valence-corrected chi connectivity index (χ2v) is 5.68. The quantitative estimate of drug-likeness (QED) is 0.855. The lowest BCUT2D eigenvalue weighted by atomic mass is 9.74. The number of aryl methyl sites for hydroxylation is 1. The molecule has 2 rings (SSSR count). The number of nitrogens with one attached hydrogen (secondary N) is 1. The molecule has 4 heteroatoms. The standard InChI is InChI=1S/C16H23F2NO/c1-4-19-15(10-16(20-3)6-5-7-16)12-9-13(17)11(2)8-14(12)18/h8-9,15,19H,4-7,10H2,1-3H3. The molecule has 0 amide bonds. The van der Waals surface area contributed by atoms with Crippen molar-refractivity contribution < 1.29 is 13.5 Å². The van der Waals surface area contributed by atoms with E-state index in [1.807, 2.05) is 6.92 Å². The Balaban J connectivity index is 2.26. The third-order valence-electron chi connectivity index (χ3n) is 4.38. The van der Waals surface area contributed by atoms with Crippen LogP contribution >= 0.6 is 0 Å². The van der Waals surface area contributed by atoms with Crippen molar-refractivity contribution in [2.24, 2.45) is 0 Å². The molecule has 1 aliphatic rings. The molecule has 0 aromatic heterocycles. The van der Waals surface area contributed by atoms with Gasteiger partial charge >= 0.3 is 0 Å². The van der Waals surface area contributed by atoms with Crippen molar-refractivity contribution in [3.8, 4) is 0 Å². The molecule has 112 valence electrons. The van der Waals surface area contributed by atoms with E-state index < -0.39 is 0 Å². The van der Waals surface area contributed by atoms with Crippen molar-refractivity contribution in [3.05, 3.63) is 34.9 Å². The van der Waals surface area contributed by atoms with Crippen LogP contribution in [0.1, 0.15) is 49.8 Å². The van der Waals surface area contributed by atoms with E-state index in [2.05, 4.69) is 5.32 Å².